The second-order valence-electron chi connectivity index (χ2n) is 5.35. The van der Waals surface area contributed by atoms with Crippen molar-refractivity contribution in [3.63, 3.8) is 0 Å². The van der Waals surface area contributed by atoms with Crippen LogP contribution in [0.3, 0.4) is 0 Å². The number of benzene rings is 1. The van der Waals surface area contributed by atoms with Crippen molar-refractivity contribution >= 4 is 0 Å². The number of aryl methyl sites for hydroxylation is 1. The first-order chi connectivity index (χ1) is 10.2. The zero-order valence-corrected chi connectivity index (χ0v) is 12.2. The molecule has 0 amide bonds. The van der Waals surface area contributed by atoms with E-state index in [0.29, 0.717) is 13.2 Å². The Morgan fingerprint density at radius 3 is 2.90 bits per heavy atom. The van der Waals surface area contributed by atoms with E-state index >= 15 is 0 Å². The Morgan fingerprint density at radius 1 is 1.38 bits per heavy atom. The maximum Gasteiger partial charge on any atom is 0.163 e. The topological polar surface area (TPSA) is 43.2 Å². The lowest BCUT2D eigenvalue weighted by Gasteiger charge is -2.36. The molecule has 1 aliphatic rings. The molecule has 0 saturated carbocycles. The molecule has 1 aliphatic heterocycles. The maximum absolute atomic E-state index is 13.9. The van der Waals surface area contributed by atoms with Crippen LogP contribution in [0.15, 0.2) is 30.6 Å². The van der Waals surface area contributed by atoms with Crippen molar-refractivity contribution in [2.24, 2.45) is 7.05 Å². The fourth-order valence-corrected chi connectivity index (χ4v) is 2.77. The van der Waals surface area contributed by atoms with Crippen molar-refractivity contribution in [2.75, 3.05) is 19.7 Å². The van der Waals surface area contributed by atoms with Gasteiger partial charge in [0.15, 0.2) is 5.82 Å². The quantitative estimate of drug-likeness (QED) is 0.868. The summed E-state index contributed by atoms with van der Waals surface area (Å²) in [6.07, 6.45) is 1.54. The minimum Gasteiger partial charge on any atom is -0.368 e. The Labute approximate surface area is 123 Å². The van der Waals surface area contributed by atoms with E-state index < -0.39 is 0 Å². The van der Waals surface area contributed by atoms with Crippen LogP contribution < -0.4 is 0 Å². The molecular weight excluding hydrogens is 271 g/mol. The summed E-state index contributed by atoms with van der Waals surface area (Å²) in [5, 5.41) is 8.00. The van der Waals surface area contributed by atoms with Gasteiger partial charge >= 0.3 is 0 Å². The Hall–Kier alpha value is -1.79. The van der Waals surface area contributed by atoms with Gasteiger partial charge in [0.05, 0.1) is 6.61 Å². The number of nitrogens with zero attached hydrogens (tertiary/aromatic N) is 4. The monoisotopic (exact) mass is 290 g/mol. The van der Waals surface area contributed by atoms with Crippen LogP contribution in [0.1, 0.15) is 30.5 Å². The molecular formula is C15H19FN4O. The largest absolute Gasteiger partial charge is 0.368 e. The molecule has 2 heterocycles. The molecule has 1 aromatic carbocycles. The summed E-state index contributed by atoms with van der Waals surface area (Å²) in [5.41, 5.74) is 0.719. The number of hydrogen-bond donors (Lipinski definition) is 0. The highest BCUT2D eigenvalue weighted by atomic mass is 19.1. The molecule has 5 nitrogen and oxygen atoms in total. The van der Waals surface area contributed by atoms with E-state index in [1.54, 1.807) is 12.4 Å². The molecule has 21 heavy (non-hydrogen) atoms. The lowest BCUT2D eigenvalue weighted by molar-refractivity contribution is -0.0487. The molecule has 112 valence electrons. The highest BCUT2D eigenvalue weighted by Gasteiger charge is 2.29. The fraction of sp³-hybridized carbons (Fsp3) is 0.467. The first kappa shape index (κ1) is 14.2. The van der Waals surface area contributed by atoms with Crippen molar-refractivity contribution < 1.29 is 9.13 Å². The Morgan fingerprint density at radius 2 is 2.19 bits per heavy atom. The van der Waals surface area contributed by atoms with E-state index in [9.17, 15) is 4.39 Å². The number of rotatable bonds is 3. The zero-order chi connectivity index (χ0) is 14.8. The molecule has 0 N–H and O–H groups in total. The maximum atomic E-state index is 13.9. The van der Waals surface area contributed by atoms with Crippen molar-refractivity contribution in [3.05, 3.63) is 47.8 Å². The summed E-state index contributed by atoms with van der Waals surface area (Å²) < 4.78 is 21.6. The van der Waals surface area contributed by atoms with E-state index in [4.69, 9.17) is 4.74 Å². The standard InChI is InChI=1S/C15H19FN4O/c1-11(12-5-3-4-6-13(12)16)20-7-8-21-14(9-20)15-18-17-10-19(15)2/h3-6,10-11,14H,7-9H2,1-2H3. The Bertz CT molecular complexity index is 615. The van der Waals surface area contributed by atoms with Gasteiger partial charge in [0.25, 0.3) is 0 Å². The van der Waals surface area contributed by atoms with Crippen LogP contribution >= 0.6 is 0 Å². The number of aromatic nitrogens is 3. The highest BCUT2D eigenvalue weighted by Crippen LogP contribution is 2.28. The van der Waals surface area contributed by atoms with Crippen LogP contribution in [-0.2, 0) is 11.8 Å². The SMILES string of the molecule is CC(c1ccccc1F)N1CCOC(c2nncn2C)C1. The predicted octanol–water partition coefficient (Wildman–Crippen LogP) is 2.09. The van der Waals surface area contributed by atoms with E-state index in [2.05, 4.69) is 15.1 Å². The summed E-state index contributed by atoms with van der Waals surface area (Å²) in [7, 11) is 1.90. The lowest BCUT2D eigenvalue weighted by Crippen LogP contribution is -2.40. The molecule has 1 aromatic heterocycles. The second-order valence-corrected chi connectivity index (χ2v) is 5.35. The van der Waals surface area contributed by atoms with Gasteiger partial charge in [0, 0.05) is 31.7 Å². The van der Waals surface area contributed by atoms with Gasteiger partial charge in [-0.3, -0.25) is 4.90 Å². The fourth-order valence-electron chi connectivity index (χ4n) is 2.77. The molecule has 0 aliphatic carbocycles. The van der Waals surface area contributed by atoms with Gasteiger partial charge in [-0.05, 0) is 13.0 Å². The third-order valence-electron chi connectivity index (χ3n) is 4.04. The average molecular weight is 290 g/mol. The van der Waals surface area contributed by atoms with Crippen molar-refractivity contribution in [2.45, 2.75) is 19.1 Å². The first-order valence-corrected chi connectivity index (χ1v) is 7.11. The highest BCUT2D eigenvalue weighted by molar-refractivity contribution is 5.21. The second kappa shape index (κ2) is 5.91. The number of ether oxygens (including phenoxy) is 1. The van der Waals surface area contributed by atoms with E-state index in [0.717, 1.165) is 17.9 Å². The van der Waals surface area contributed by atoms with Gasteiger partial charge in [0.1, 0.15) is 18.2 Å². The van der Waals surface area contributed by atoms with E-state index in [1.807, 2.05) is 30.7 Å². The molecule has 2 aromatic rings. The molecule has 2 unspecified atom stereocenters. The normalized spacial score (nSPS) is 21.4. The van der Waals surface area contributed by atoms with Crippen LogP contribution in [0.4, 0.5) is 4.39 Å². The molecule has 2 atom stereocenters. The van der Waals surface area contributed by atoms with Gasteiger partial charge in [0.2, 0.25) is 0 Å². The third-order valence-corrected chi connectivity index (χ3v) is 4.04. The smallest absolute Gasteiger partial charge is 0.163 e. The van der Waals surface area contributed by atoms with Crippen LogP contribution in [0, 0.1) is 5.82 Å². The minimum atomic E-state index is -0.160. The summed E-state index contributed by atoms with van der Waals surface area (Å²) in [5.74, 6) is 0.645. The molecule has 0 spiro atoms. The van der Waals surface area contributed by atoms with Crippen LogP contribution in [0.2, 0.25) is 0 Å². The molecule has 0 radical (unpaired) electrons. The zero-order valence-electron chi connectivity index (χ0n) is 12.2. The van der Waals surface area contributed by atoms with Crippen molar-refractivity contribution in [1.82, 2.24) is 19.7 Å². The van der Waals surface area contributed by atoms with Gasteiger partial charge in [-0.1, -0.05) is 18.2 Å². The van der Waals surface area contributed by atoms with Crippen LogP contribution in [0.25, 0.3) is 0 Å². The average Bonchev–Trinajstić information content (AvgIpc) is 2.93. The van der Waals surface area contributed by atoms with Crippen LogP contribution in [-0.4, -0.2) is 39.4 Å². The summed E-state index contributed by atoms with van der Waals surface area (Å²) in [6.45, 7) is 4.10. The van der Waals surface area contributed by atoms with E-state index in [1.165, 1.54) is 6.07 Å². The summed E-state index contributed by atoms with van der Waals surface area (Å²) >= 11 is 0. The number of halogens is 1. The van der Waals surface area contributed by atoms with Gasteiger partial charge in [-0.25, -0.2) is 4.39 Å². The molecule has 0 bridgehead atoms. The van der Waals surface area contributed by atoms with Gasteiger partial charge < -0.3 is 9.30 Å². The van der Waals surface area contributed by atoms with E-state index in [-0.39, 0.29) is 18.0 Å². The molecule has 3 rings (SSSR count). The summed E-state index contributed by atoms with van der Waals surface area (Å²) in [4.78, 5) is 2.22. The van der Waals surface area contributed by atoms with Gasteiger partial charge in [-0.15, -0.1) is 10.2 Å². The number of morpholine rings is 1. The lowest BCUT2D eigenvalue weighted by atomic mass is 10.0. The summed E-state index contributed by atoms with van der Waals surface area (Å²) in [6, 6.07) is 6.94. The Kier molecular flexibility index (Phi) is 3.98. The third kappa shape index (κ3) is 2.82. The van der Waals surface area contributed by atoms with Gasteiger partial charge in [-0.2, -0.15) is 0 Å². The van der Waals surface area contributed by atoms with Crippen LogP contribution in [0.5, 0.6) is 0 Å². The van der Waals surface area contributed by atoms with Crippen molar-refractivity contribution in [3.8, 4) is 0 Å². The molecule has 6 heteroatoms. The first-order valence-electron chi connectivity index (χ1n) is 7.11. The minimum absolute atomic E-state index is 0.00540. The molecule has 1 fully saturated rings. The Balaban J connectivity index is 1.77. The predicted molar refractivity (Wildman–Crippen MR) is 76.1 cm³/mol. The number of hydrogen-bond acceptors (Lipinski definition) is 4. The molecule has 1 saturated heterocycles. The van der Waals surface area contributed by atoms with Crippen molar-refractivity contribution in [1.29, 1.82) is 0 Å².